The summed E-state index contributed by atoms with van der Waals surface area (Å²) in [7, 11) is 0. The minimum Gasteiger partial charge on any atom is -0.491 e. The molecule has 3 heterocycles. The van der Waals surface area contributed by atoms with E-state index in [2.05, 4.69) is 4.98 Å². The Kier molecular flexibility index (Phi) is 5.90. The fourth-order valence-electron chi connectivity index (χ4n) is 3.66. The zero-order chi connectivity index (χ0) is 22.1. The molecule has 0 saturated carbocycles. The molecule has 1 aromatic heterocycles. The summed E-state index contributed by atoms with van der Waals surface area (Å²) < 4.78 is 39.2. The highest BCUT2D eigenvalue weighted by molar-refractivity contribution is 5.96. The van der Waals surface area contributed by atoms with Gasteiger partial charge in [0.15, 0.2) is 5.82 Å². The number of ether oxygens (including phenoxy) is 2. The number of rotatable bonds is 7. The zero-order valence-corrected chi connectivity index (χ0v) is 17.1. The molecule has 2 amide bonds. The maximum Gasteiger partial charge on any atom is 0.257 e. The number of nitrogens with two attached hydrogens (primary N) is 1. The predicted octanol–water partition coefficient (Wildman–Crippen LogP) is 1.99. The topological polar surface area (TPSA) is 99.7 Å². The molecular formula is C21H24F2N4O4. The van der Waals surface area contributed by atoms with E-state index in [1.54, 1.807) is 17.7 Å². The van der Waals surface area contributed by atoms with Crippen LogP contribution in [0, 0.1) is 5.92 Å². The molecule has 0 radical (unpaired) electrons. The number of aromatic nitrogens is 2. The van der Waals surface area contributed by atoms with E-state index in [-0.39, 0.29) is 17.6 Å². The monoisotopic (exact) mass is 434 g/mol. The van der Waals surface area contributed by atoms with Crippen molar-refractivity contribution in [1.29, 1.82) is 0 Å². The molecular weight excluding hydrogens is 410 g/mol. The lowest BCUT2D eigenvalue weighted by Crippen LogP contribution is -2.47. The van der Waals surface area contributed by atoms with Crippen LogP contribution in [0.2, 0.25) is 0 Å². The number of hydrogen-bond donors (Lipinski definition) is 1. The standard InChI is InChI=1S/C21H24F2N4O4/c1-12(19(24)28)8-13-2-3-14-16(9-13)31-7-5-26-11-18(25-20(14)26)27(10-17(22)23)21(29)15-4-6-30-15/h2-3,9,11-12,15,17H,4-8,10H2,1H3,(H2,24,28)/t12-,15-/m1/s1. The van der Waals surface area contributed by atoms with Crippen molar-refractivity contribution >= 4 is 17.6 Å². The van der Waals surface area contributed by atoms with Crippen LogP contribution >= 0.6 is 0 Å². The van der Waals surface area contributed by atoms with E-state index in [1.165, 1.54) is 0 Å². The first-order valence-corrected chi connectivity index (χ1v) is 10.2. The average molecular weight is 434 g/mol. The van der Waals surface area contributed by atoms with Crippen LogP contribution in [0.1, 0.15) is 18.9 Å². The first kappa shape index (κ1) is 21.2. The number of amides is 2. The molecule has 4 rings (SSSR count). The third-order valence-electron chi connectivity index (χ3n) is 5.51. The third kappa shape index (κ3) is 4.39. The summed E-state index contributed by atoms with van der Waals surface area (Å²) in [6.45, 7) is 2.25. The highest BCUT2D eigenvalue weighted by Gasteiger charge is 2.34. The van der Waals surface area contributed by atoms with E-state index < -0.39 is 25.0 Å². The van der Waals surface area contributed by atoms with Gasteiger partial charge in [-0.2, -0.15) is 0 Å². The first-order chi connectivity index (χ1) is 14.8. The number of anilines is 1. The molecule has 2 aromatic rings. The van der Waals surface area contributed by atoms with E-state index in [4.69, 9.17) is 15.2 Å². The van der Waals surface area contributed by atoms with Gasteiger partial charge in [-0.25, -0.2) is 13.8 Å². The SMILES string of the molecule is C[C@H](Cc1ccc2c(c1)OCCn1cc(N(CC(F)F)C(=O)[C@H]3CCO3)nc1-2)C(N)=O. The number of carbonyl (C=O) groups is 2. The Morgan fingerprint density at radius 1 is 1.35 bits per heavy atom. The van der Waals surface area contributed by atoms with Crippen molar-refractivity contribution < 1.29 is 27.8 Å². The first-order valence-electron chi connectivity index (χ1n) is 10.2. The van der Waals surface area contributed by atoms with Crippen LogP contribution in [0.4, 0.5) is 14.6 Å². The van der Waals surface area contributed by atoms with Crippen LogP contribution in [0.3, 0.4) is 0 Å². The predicted molar refractivity (Wildman–Crippen MR) is 108 cm³/mol. The fourth-order valence-corrected chi connectivity index (χ4v) is 3.66. The van der Waals surface area contributed by atoms with Gasteiger partial charge in [0.05, 0.1) is 25.3 Å². The molecule has 0 bridgehead atoms. The molecule has 0 spiro atoms. The molecule has 166 valence electrons. The molecule has 10 heteroatoms. The molecule has 31 heavy (non-hydrogen) atoms. The second kappa shape index (κ2) is 8.62. The molecule has 2 aliphatic heterocycles. The number of alkyl halides is 2. The summed E-state index contributed by atoms with van der Waals surface area (Å²) >= 11 is 0. The molecule has 0 aliphatic carbocycles. The van der Waals surface area contributed by atoms with Crippen LogP contribution in [0.15, 0.2) is 24.4 Å². The van der Waals surface area contributed by atoms with Gasteiger partial charge in [-0.1, -0.05) is 13.0 Å². The van der Waals surface area contributed by atoms with Crippen LogP contribution in [-0.4, -0.2) is 53.7 Å². The van der Waals surface area contributed by atoms with Crippen molar-refractivity contribution in [2.24, 2.45) is 11.7 Å². The van der Waals surface area contributed by atoms with E-state index in [9.17, 15) is 18.4 Å². The van der Waals surface area contributed by atoms with Gasteiger partial charge in [0, 0.05) is 18.5 Å². The lowest BCUT2D eigenvalue weighted by molar-refractivity contribution is -0.142. The summed E-state index contributed by atoms with van der Waals surface area (Å²) in [5.74, 6) is 0.0650. The van der Waals surface area contributed by atoms with Crippen LogP contribution in [0.25, 0.3) is 11.4 Å². The zero-order valence-electron chi connectivity index (χ0n) is 17.1. The highest BCUT2D eigenvalue weighted by Crippen LogP contribution is 2.35. The van der Waals surface area contributed by atoms with E-state index in [1.807, 2.05) is 18.2 Å². The normalized spacial score (nSPS) is 18.3. The van der Waals surface area contributed by atoms with Gasteiger partial charge in [-0.3, -0.25) is 14.5 Å². The highest BCUT2D eigenvalue weighted by atomic mass is 19.3. The van der Waals surface area contributed by atoms with E-state index in [0.29, 0.717) is 49.7 Å². The smallest absolute Gasteiger partial charge is 0.257 e. The molecule has 1 saturated heterocycles. The minimum absolute atomic E-state index is 0.162. The number of halogens is 2. The summed E-state index contributed by atoms with van der Waals surface area (Å²) in [4.78, 5) is 29.5. The molecule has 1 aromatic carbocycles. The second-order valence-corrected chi connectivity index (χ2v) is 7.79. The quantitative estimate of drug-likeness (QED) is 0.719. The second-order valence-electron chi connectivity index (χ2n) is 7.79. The Bertz CT molecular complexity index is 990. The van der Waals surface area contributed by atoms with Crippen molar-refractivity contribution in [3.8, 4) is 17.1 Å². The van der Waals surface area contributed by atoms with Crippen LogP contribution < -0.4 is 15.4 Å². The van der Waals surface area contributed by atoms with Crippen molar-refractivity contribution in [3.05, 3.63) is 30.0 Å². The Hall–Kier alpha value is -3.01. The van der Waals surface area contributed by atoms with Gasteiger partial charge in [0.1, 0.15) is 24.3 Å². The third-order valence-corrected chi connectivity index (χ3v) is 5.51. The molecule has 0 unspecified atom stereocenters. The summed E-state index contributed by atoms with van der Waals surface area (Å²) in [5.41, 5.74) is 6.93. The van der Waals surface area contributed by atoms with Crippen molar-refractivity contribution in [3.63, 3.8) is 0 Å². The minimum atomic E-state index is -2.70. The molecule has 2 N–H and O–H groups in total. The number of benzene rings is 1. The number of hydrogen-bond acceptors (Lipinski definition) is 5. The molecule has 1 fully saturated rings. The number of carbonyl (C=O) groups excluding carboxylic acids is 2. The van der Waals surface area contributed by atoms with Crippen molar-refractivity contribution in [2.45, 2.75) is 38.8 Å². The van der Waals surface area contributed by atoms with Crippen LogP contribution in [-0.2, 0) is 27.3 Å². The van der Waals surface area contributed by atoms with Gasteiger partial charge in [0.2, 0.25) is 5.91 Å². The summed E-state index contributed by atoms with van der Waals surface area (Å²) in [5, 5.41) is 0. The van der Waals surface area contributed by atoms with Gasteiger partial charge < -0.3 is 19.8 Å². The van der Waals surface area contributed by atoms with E-state index >= 15 is 0 Å². The number of nitrogens with zero attached hydrogens (tertiary/aromatic N) is 3. The Balaban J connectivity index is 1.66. The Labute approximate surface area is 177 Å². The lowest BCUT2D eigenvalue weighted by atomic mass is 9.99. The largest absolute Gasteiger partial charge is 0.491 e. The molecule has 2 atom stereocenters. The van der Waals surface area contributed by atoms with Crippen molar-refractivity contribution in [2.75, 3.05) is 24.7 Å². The summed E-state index contributed by atoms with van der Waals surface area (Å²) in [6, 6.07) is 5.51. The Morgan fingerprint density at radius 2 is 2.13 bits per heavy atom. The number of imidazole rings is 1. The van der Waals surface area contributed by atoms with E-state index in [0.717, 1.165) is 10.5 Å². The molecule has 2 aliphatic rings. The molecule has 8 nitrogen and oxygen atoms in total. The number of primary amides is 1. The average Bonchev–Trinajstić information content (AvgIpc) is 3.00. The van der Waals surface area contributed by atoms with Gasteiger partial charge in [-0.05, 0) is 24.1 Å². The Morgan fingerprint density at radius 3 is 2.77 bits per heavy atom. The maximum absolute atomic E-state index is 13.2. The van der Waals surface area contributed by atoms with Gasteiger partial charge in [0.25, 0.3) is 12.3 Å². The fraction of sp³-hybridized carbons (Fsp3) is 0.476. The summed E-state index contributed by atoms with van der Waals surface area (Å²) in [6.07, 6.45) is -0.823. The van der Waals surface area contributed by atoms with Gasteiger partial charge in [-0.15, -0.1) is 0 Å². The maximum atomic E-state index is 13.2. The van der Waals surface area contributed by atoms with Crippen LogP contribution in [0.5, 0.6) is 5.75 Å². The number of fused-ring (bicyclic) bond motifs is 3. The lowest BCUT2D eigenvalue weighted by Gasteiger charge is -2.30. The van der Waals surface area contributed by atoms with Gasteiger partial charge >= 0.3 is 0 Å². The van der Waals surface area contributed by atoms with Crippen molar-refractivity contribution in [1.82, 2.24) is 9.55 Å².